The number of hydrogen-bond donors (Lipinski definition) is 1. The van der Waals surface area contributed by atoms with Crippen molar-refractivity contribution in [2.24, 2.45) is 0 Å². The quantitative estimate of drug-likeness (QED) is 0.748. The number of aromatic nitrogens is 2. The summed E-state index contributed by atoms with van der Waals surface area (Å²) in [6.45, 7) is 4.33. The van der Waals surface area contributed by atoms with Crippen LogP contribution in [0.1, 0.15) is 19.4 Å². The van der Waals surface area contributed by atoms with Crippen molar-refractivity contribution in [1.29, 1.82) is 0 Å². The Kier molecular flexibility index (Phi) is 4.69. The van der Waals surface area contributed by atoms with Crippen molar-refractivity contribution in [2.75, 3.05) is 0 Å². The van der Waals surface area contributed by atoms with Crippen LogP contribution >= 0.6 is 0 Å². The van der Waals surface area contributed by atoms with Crippen molar-refractivity contribution in [3.8, 4) is 0 Å². The van der Waals surface area contributed by atoms with Crippen LogP contribution in [0.5, 0.6) is 0 Å². The molecule has 0 fully saturated rings. The molecule has 1 unspecified atom stereocenters. The molecule has 24 heavy (non-hydrogen) atoms. The third kappa shape index (κ3) is 3.49. The SMILES string of the molecule is CCn1cncc1S(=O)(=O)NC(C)Cc1ccc2ccccc2c1. The van der Waals surface area contributed by atoms with E-state index in [2.05, 4.69) is 34.0 Å². The van der Waals surface area contributed by atoms with Crippen LogP contribution in [0.2, 0.25) is 0 Å². The van der Waals surface area contributed by atoms with E-state index in [-0.39, 0.29) is 11.1 Å². The molecule has 6 heteroatoms. The van der Waals surface area contributed by atoms with Gasteiger partial charge < -0.3 is 4.57 Å². The lowest BCUT2D eigenvalue weighted by Crippen LogP contribution is -2.35. The van der Waals surface area contributed by atoms with E-state index in [0.29, 0.717) is 13.0 Å². The maximum absolute atomic E-state index is 12.5. The molecule has 0 spiro atoms. The van der Waals surface area contributed by atoms with Gasteiger partial charge in [0, 0.05) is 12.6 Å². The fraction of sp³-hybridized carbons (Fsp3) is 0.278. The molecule has 0 aliphatic heterocycles. The van der Waals surface area contributed by atoms with Crippen LogP contribution in [0.15, 0.2) is 60.0 Å². The van der Waals surface area contributed by atoms with Crippen molar-refractivity contribution in [2.45, 2.75) is 37.9 Å². The second kappa shape index (κ2) is 6.75. The maximum Gasteiger partial charge on any atom is 0.258 e. The normalized spacial score (nSPS) is 13.2. The number of aryl methyl sites for hydroxylation is 1. The first-order valence-electron chi connectivity index (χ1n) is 8.00. The third-order valence-corrected chi connectivity index (χ3v) is 5.61. The number of imidazole rings is 1. The number of fused-ring (bicyclic) bond motifs is 1. The fourth-order valence-corrected chi connectivity index (χ4v) is 4.27. The van der Waals surface area contributed by atoms with Gasteiger partial charge in [0.1, 0.15) is 0 Å². The molecule has 5 nitrogen and oxygen atoms in total. The van der Waals surface area contributed by atoms with Crippen LogP contribution in [0, 0.1) is 0 Å². The summed E-state index contributed by atoms with van der Waals surface area (Å²) in [6.07, 6.45) is 3.54. The highest BCUT2D eigenvalue weighted by molar-refractivity contribution is 7.89. The van der Waals surface area contributed by atoms with Gasteiger partial charge >= 0.3 is 0 Å². The van der Waals surface area contributed by atoms with Crippen molar-refractivity contribution in [3.63, 3.8) is 0 Å². The molecule has 1 atom stereocenters. The van der Waals surface area contributed by atoms with Crippen molar-refractivity contribution in [1.82, 2.24) is 14.3 Å². The van der Waals surface area contributed by atoms with E-state index in [9.17, 15) is 8.42 Å². The number of hydrogen-bond acceptors (Lipinski definition) is 3. The Hall–Kier alpha value is -2.18. The zero-order valence-electron chi connectivity index (χ0n) is 13.8. The number of nitrogens with zero attached hydrogens (tertiary/aromatic N) is 2. The number of nitrogens with one attached hydrogen (secondary N) is 1. The summed E-state index contributed by atoms with van der Waals surface area (Å²) in [5, 5.41) is 2.55. The predicted octanol–water partition coefficient (Wildman–Crippen LogP) is 2.97. The summed E-state index contributed by atoms with van der Waals surface area (Å²) in [7, 11) is -3.57. The average Bonchev–Trinajstić information content (AvgIpc) is 3.04. The van der Waals surface area contributed by atoms with Gasteiger partial charge in [-0.1, -0.05) is 42.5 Å². The topological polar surface area (TPSA) is 64.0 Å². The van der Waals surface area contributed by atoms with Crippen LogP contribution in [0.4, 0.5) is 0 Å². The Bertz CT molecular complexity index is 948. The lowest BCUT2D eigenvalue weighted by Gasteiger charge is -2.15. The van der Waals surface area contributed by atoms with Crippen molar-refractivity contribution < 1.29 is 8.42 Å². The molecule has 1 heterocycles. The van der Waals surface area contributed by atoms with Gasteiger partial charge in [0.15, 0.2) is 5.03 Å². The van der Waals surface area contributed by atoms with Crippen LogP contribution in [-0.4, -0.2) is 24.0 Å². The molecule has 0 aliphatic carbocycles. The van der Waals surface area contributed by atoms with Gasteiger partial charge in [0.2, 0.25) is 0 Å². The van der Waals surface area contributed by atoms with E-state index in [1.807, 2.05) is 32.0 Å². The van der Waals surface area contributed by atoms with Gasteiger partial charge in [-0.2, -0.15) is 0 Å². The Morgan fingerprint density at radius 1 is 1.17 bits per heavy atom. The predicted molar refractivity (Wildman–Crippen MR) is 95.3 cm³/mol. The minimum absolute atomic E-state index is 0.204. The zero-order chi connectivity index (χ0) is 17.2. The van der Waals surface area contributed by atoms with Crippen molar-refractivity contribution in [3.05, 3.63) is 60.6 Å². The average molecular weight is 343 g/mol. The molecule has 3 aromatic rings. The highest BCUT2D eigenvalue weighted by Crippen LogP contribution is 2.17. The molecule has 0 bridgehead atoms. The summed E-state index contributed by atoms with van der Waals surface area (Å²) < 4.78 is 29.4. The first kappa shape index (κ1) is 16.7. The number of rotatable bonds is 6. The van der Waals surface area contributed by atoms with E-state index in [1.165, 1.54) is 17.9 Å². The highest BCUT2D eigenvalue weighted by Gasteiger charge is 2.21. The monoisotopic (exact) mass is 343 g/mol. The maximum atomic E-state index is 12.5. The van der Waals surface area contributed by atoms with Crippen LogP contribution in [0.25, 0.3) is 10.8 Å². The fourth-order valence-electron chi connectivity index (χ4n) is 2.86. The first-order chi connectivity index (χ1) is 11.5. The minimum Gasteiger partial charge on any atom is -0.321 e. The Balaban J connectivity index is 1.75. The molecule has 0 saturated heterocycles. The zero-order valence-corrected chi connectivity index (χ0v) is 14.6. The minimum atomic E-state index is -3.57. The summed E-state index contributed by atoms with van der Waals surface area (Å²) in [5.74, 6) is 0. The molecule has 1 aromatic heterocycles. The van der Waals surface area contributed by atoms with Gasteiger partial charge in [-0.05, 0) is 36.6 Å². The van der Waals surface area contributed by atoms with E-state index in [0.717, 1.165) is 10.9 Å². The standard InChI is InChI=1S/C18H21N3O2S/c1-3-21-13-19-12-18(21)24(22,23)20-14(2)10-15-8-9-16-6-4-5-7-17(16)11-15/h4-9,11-14,20H,3,10H2,1-2H3. The van der Waals surface area contributed by atoms with Gasteiger partial charge in [-0.25, -0.2) is 18.1 Å². The molecular weight excluding hydrogens is 322 g/mol. The van der Waals surface area contributed by atoms with E-state index in [4.69, 9.17) is 0 Å². The number of sulfonamides is 1. The summed E-state index contributed by atoms with van der Waals surface area (Å²) in [6, 6.07) is 14.2. The summed E-state index contributed by atoms with van der Waals surface area (Å²) in [4.78, 5) is 3.93. The van der Waals surface area contributed by atoms with E-state index >= 15 is 0 Å². The van der Waals surface area contributed by atoms with Gasteiger partial charge in [-0.3, -0.25) is 0 Å². The molecule has 2 aromatic carbocycles. The Morgan fingerprint density at radius 2 is 1.92 bits per heavy atom. The van der Waals surface area contributed by atoms with Crippen LogP contribution < -0.4 is 4.72 Å². The largest absolute Gasteiger partial charge is 0.321 e. The molecule has 126 valence electrons. The number of benzene rings is 2. The molecule has 1 N–H and O–H groups in total. The molecule has 0 radical (unpaired) electrons. The molecule has 0 amide bonds. The lowest BCUT2D eigenvalue weighted by atomic mass is 10.0. The van der Waals surface area contributed by atoms with Gasteiger partial charge in [0.05, 0.1) is 12.5 Å². The first-order valence-corrected chi connectivity index (χ1v) is 9.48. The summed E-state index contributed by atoms with van der Waals surface area (Å²) in [5.41, 5.74) is 1.10. The molecule has 0 saturated carbocycles. The highest BCUT2D eigenvalue weighted by atomic mass is 32.2. The molecule has 0 aliphatic rings. The van der Waals surface area contributed by atoms with Gasteiger partial charge in [0.25, 0.3) is 10.0 Å². The summed E-state index contributed by atoms with van der Waals surface area (Å²) >= 11 is 0. The third-order valence-electron chi connectivity index (χ3n) is 4.00. The van der Waals surface area contributed by atoms with Crippen molar-refractivity contribution >= 4 is 20.8 Å². The second-order valence-corrected chi connectivity index (χ2v) is 7.59. The second-order valence-electron chi connectivity index (χ2n) is 5.93. The van der Waals surface area contributed by atoms with Gasteiger partial charge in [-0.15, -0.1) is 0 Å². The Morgan fingerprint density at radius 3 is 2.67 bits per heavy atom. The smallest absolute Gasteiger partial charge is 0.258 e. The van der Waals surface area contributed by atoms with E-state index < -0.39 is 10.0 Å². The van der Waals surface area contributed by atoms with E-state index in [1.54, 1.807) is 4.57 Å². The van der Waals surface area contributed by atoms with Crippen LogP contribution in [-0.2, 0) is 23.0 Å². The lowest BCUT2D eigenvalue weighted by molar-refractivity contribution is 0.545. The molecule has 3 rings (SSSR count). The Labute approximate surface area is 142 Å². The van der Waals surface area contributed by atoms with Crippen LogP contribution in [0.3, 0.4) is 0 Å². The molecular formula is C18H21N3O2S.